The Hall–Kier alpha value is -3.37. The van der Waals surface area contributed by atoms with Gasteiger partial charge in [0.1, 0.15) is 29.2 Å². The fourth-order valence-corrected chi connectivity index (χ4v) is 3.07. The largest absolute Gasteiger partial charge is 0.856 e. The number of alkyl halides is 2. The highest BCUT2D eigenvalue weighted by molar-refractivity contribution is 5.51. The molecule has 0 atom stereocenters. The molecule has 0 bridgehead atoms. The van der Waals surface area contributed by atoms with Crippen LogP contribution in [0, 0.1) is 11.6 Å². The SMILES string of the molecule is [O-]c1cc(-c2cnc(OC3CC(c4c(F)cc(OC(F)F)cc4F)C3)cn2)on1. The summed E-state index contributed by atoms with van der Waals surface area (Å²) in [6.45, 7) is -3.17. The van der Waals surface area contributed by atoms with Crippen LogP contribution in [0.3, 0.4) is 0 Å². The number of ether oxygens (including phenoxy) is 2. The normalized spacial score (nSPS) is 18.5. The Kier molecular flexibility index (Phi) is 4.95. The zero-order valence-electron chi connectivity index (χ0n) is 14.5. The molecule has 0 unspecified atom stereocenters. The Morgan fingerprint density at radius 3 is 2.34 bits per heavy atom. The Morgan fingerprint density at radius 1 is 1.07 bits per heavy atom. The molecule has 1 aliphatic rings. The van der Waals surface area contributed by atoms with E-state index >= 15 is 0 Å². The fourth-order valence-electron chi connectivity index (χ4n) is 3.07. The van der Waals surface area contributed by atoms with Gasteiger partial charge in [0.25, 0.3) is 0 Å². The number of halogens is 4. The van der Waals surface area contributed by atoms with E-state index in [0.29, 0.717) is 18.5 Å². The van der Waals surface area contributed by atoms with Gasteiger partial charge in [-0.1, -0.05) is 5.16 Å². The molecule has 0 spiro atoms. The number of aromatic nitrogens is 3. The molecule has 0 radical (unpaired) electrons. The van der Waals surface area contributed by atoms with E-state index in [0.717, 1.165) is 12.1 Å². The van der Waals surface area contributed by atoms with E-state index in [9.17, 15) is 22.7 Å². The van der Waals surface area contributed by atoms with Gasteiger partial charge in [0.05, 0.1) is 12.4 Å². The summed E-state index contributed by atoms with van der Waals surface area (Å²) in [5.74, 6) is -3.09. The van der Waals surface area contributed by atoms with Crippen molar-refractivity contribution >= 4 is 0 Å². The summed E-state index contributed by atoms with van der Waals surface area (Å²) in [5, 5.41) is 14.2. The number of nitrogens with zero attached hydrogens (tertiary/aromatic N) is 3. The van der Waals surface area contributed by atoms with Gasteiger partial charge in [0.2, 0.25) is 5.88 Å². The lowest BCUT2D eigenvalue weighted by atomic mass is 9.77. The molecule has 1 saturated carbocycles. The van der Waals surface area contributed by atoms with Gasteiger partial charge in [-0.15, -0.1) is 0 Å². The summed E-state index contributed by atoms with van der Waals surface area (Å²) >= 11 is 0. The van der Waals surface area contributed by atoms with Gasteiger partial charge in [-0.2, -0.15) is 8.78 Å². The molecule has 1 aromatic carbocycles. The van der Waals surface area contributed by atoms with E-state index in [-0.39, 0.29) is 23.3 Å². The van der Waals surface area contributed by atoms with E-state index in [4.69, 9.17) is 9.26 Å². The molecule has 11 heteroatoms. The summed E-state index contributed by atoms with van der Waals surface area (Å²) in [4.78, 5) is 8.11. The zero-order valence-corrected chi connectivity index (χ0v) is 14.5. The minimum atomic E-state index is -3.17. The molecule has 2 heterocycles. The van der Waals surface area contributed by atoms with E-state index in [1.807, 2.05) is 0 Å². The average Bonchev–Trinajstić information content (AvgIpc) is 3.05. The number of benzene rings is 1. The van der Waals surface area contributed by atoms with Crippen LogP contribution >= 0.6 is 0 Å². The van der Waals surface area contributed by atoms with Crippen molar-refractivity contribution < 1.29 is 36.7 Å². The Morgan fingerprint density at radius 2 is 1.79 bits per heavy atom. The monoisotopic (exact) mass is 410 g/mol. The average molecular weight is 410 g/mol. The first kappa shape index (κ1) is 19.0. The molecule has 2 aromatic heterocycles. The molecule has 0 amide bonds. The molecule has 1 fully saturated rings. The first-order valence-corrected chi connectivity index (χ1v) is 8.45. The van der Waals surface area contributed by atoms with Gasteiger partial charge >= 0.3 is 6.61 Å². The third-order valence-electron chi connectivity index (χ3n) is 4.44. The van der Waals surface area contributed by atoms with Crippen LogP contribution < -0.4 is 14.6 Å². The summed E-state index contributed by atoms with van der Waals surface area (Å²) in [5.41, 5.74) is 0.111. The summed E-state index contributed by atoms with van der Waals surface area (Å²) in [6.07, 6.45) is 2.95. The van der Waals surface area contributed by atoms with Crippen LogP contribution in [0.1, 0.15) is 24.3 Å². The van der Waals surface area contributed by atoms with Crippen molar-refractivity contribution in [3.05, 3.63) is 47.8 Å². The second-order valence-corrected chi connectivity index (χ2v) is 6.36. The molecule has 4 rings (SSSR count). The number of hydrogen-bond donors (Lipinski definition) is 0. The number of rotatable bonds is 6. The molecule has 0 aliphatic heterocycles. The Labute approximate surface area is 160 Å². The van der Waals surface area contributed by atoms with Crippen LogP contribution in [0.2, 0.25) is 0 Å². The highest BCUT2D eigenvalue weighted by atomic mass is 19.3. The van der Waals surface area contributed by atoms with E-state index in [1.165, 1.54) is 18.5 Å². The van der Waals surface area contributed by atoms with Crippen LogP contribution in [0.25, 0.3) is 11.5 Å². The predicted molar refractivity (Wildman–Crippen MR) is 86.4 cm³/mol. The summed E-state index contributed by atoms with van der Waals surface area (Å²) < 4.78 is 67.0. The highest BCUT2D eigenvalue weighted by Crippen LogP contribution is 2.42. The smallest absolute Gasteiger partial charge is 0.387 e. The molecule has 0 saturated heterocycles. The van der Waals surface area contributed by atoms with Crippen LogP contribution in [0.15, 0.2) is 35.1 Å². The van der Waals surface area contributed by atoms with Crippen molar-refractivity contribution in [2.45, 2.75) is 31.5 Å². The maximum Gasteiger partial charge on any atom is 0.387 e. The van der Waals surface area contributed by atoms with Crippen molar-refractivity contribution in [1.82, 2.24) is 15.1 Å². The molecule has 3 aromatic rings. The zero-order chi connectivity index (χ0) is 20.5. The van der Waals surface area contributed by atoms with Crippen molar-refractivity contribution in [3.8, 4) is 29.0 Å². The maximum absolute atomic E-state index is 14.1. The van der Waals surface area contributed by atoms with E-state index in [1.54, 1.807) is 0 Å². The second-order valence-electron chi connectivity index (χ2n) is 6.36. The van der Waals surface area contributed by atoms with Crippen LogP contribution in [-0.4, -0.2) is 27.8 Å². The molecule has 1 aliphatic carbocycles. The Balaban J connectivity index is 1.37. The third kappa shape index (κ3) is 4.08. The minimum Gasteiger partial charge on any atom is -0.856 e. The number of hydrogen-bond acceptors (Lipinski definition) is 7. The van der Waals surface area contributed by atoms with Gasteiger partial charge in [0, 0.05) is 29.6 Å². The van der Waals surface area contributed by atoms with Crippen molar-refractivity contribution in [3.63, 3.8) is 0 Å². The molecular weight excluding hydrogens is 398 g/mol. The van der Waals surface area contributed by atoms with Crippen molar-refractivity contribution in [1.29, 1.82) is 0 Å². The lowest BCUT2D eigenvalue weighted by molar-refractivity contribution is -0.277. The van der Waals surface area contributed by atoms with Gasteiger partial charge in [0.15, 0.2) is 5.76 Å². The van der Waals surface area contributed by atoms with Gasteiger partial charge in [-0.25, -0.2) is 18.7 Å². The first-order valence-electron chi connectivity index (χ1n) is 8.45. The van der Waals surface area contributed by atoms with Gasteiger partial charge < -0.3 is 19.1 Å². The predicted octanol–water partition coefficient (Wildman–Crippen LogP) is 3.41. The standard InChI is InChI=1S/C18H13F4N3O4/c19-11-3-10(28-18(21)22)4-12(20)17(11)8-1-9(2-8)27-16-7-23-13(6-24-16)14-5-15(26)25-29-14/h3-9,18H,1-2H2,(H,25,26)/p-1. The molecule has 7 nitrogen and oxygen atoms in total. The van der Waals surface area contributed by atoms with Crippen molar-refractivity contribution in [2.75, 3.05) is 0 Å². The molecule has 0 N–H and O–H groups in total. The highest BCUT2D eigenvalue weighted by Gasteiger charge is 2.36. The Bertz CT molecular complexity index is 984. The quantitative estimate of drug-likeness (QED) is 0.575. The topological polar surface area (TPSA) is 93.3 Å². The van der Waals surface area contributed by atoms with Gasteiger partial charge in [-0.05, 0) is 18.8 Å². The summed E-state index contributed by atoms with van der Waals surface area (Å²) in [6, 6.07) is 2.64. The van der Waals surface area contributed by atoms with Crippen LogP contribution in [0.5, 0.6) is 17.5 Å². The minimum absolute atomic E-state index is 0.169. The van der Waals surface area contributed by atoms with Crippen LogP contribution in [-0.2, 0) is 0 Å². The summed E-state index contributed by atoms with van der Waals surface area (Å²) in [7, 11) is 0. The fraction of sp³-hybridized carbons (Fsp3) is 0.278. The maximum atomic E-state index is 14.1. The van der Waals surface area contributed by atoms with E-state index < -0.39 is 35.8 Å². The van der Waals surface area contributed by atoms with E-state index in [2.05, 4.69) is 19.9 Å². The lowest BCUT2D eigenvalue weighted by Crippen LogP contribution is -2.33. The second kappa shape index (κ2) is 7.57. The third-order valence-corrected chi connectivity index (χ3v) is 4.44. The molecule has 152 valence electrons. The first-order chi connectivity index (χ1) is 13.9. The van der Waals surface area contributed by atoms with Crippen LogP contribution in [0.4, 0.5) is 17.6 Å². The molecule has 29 heavy (non-hydrogen) atoms. The van der Waals surface area contributed by atoms with Gasteiger partial charge in [-0.3, -0.25) is 0 Å². The molecular formula is C18H12F4N3O4-. The van der Waals surface area contributed by atoms with Crippen molar-refractivity contribution in [2.24, 2.45) is 0 Å². The lowest BCUT2D eigenvalue weighted by Gasteiger charge is -2.35.